The van der Waals surface area contributed by atoms with Crippen LogP contribution in [0.5, 0.6) is 0 Å². The Morgan fingerprint density at radius 3 is 2.67 bits per heavy atom. The highest BCUT2D eigenvalue weighted by molar-refractivity contribution is 5.83. The smallest absolute Gasteiger partial charge is 0.328 e. The van der Waals surface area contributed by atoms with Gasteiger partial charge in [-0.25, -0.2) is 4.79 Å². The maximum Gasteiger partial charge on any atom is 0.328 e. The molecule has 1 aromatic carbocycles. The summed E-state index contributed by atoms with van der Waals surface area (Å²) in [7, 11) is 1.23. The molecule has 6 heteroatoms. The average molecular weight is 294 g/mol. The molecule has 21 heavy (non-hydrogen) atoms. The fourth-order valence-corrected chi connectivity index (χ4v) is 1.78. The topological polar surface area (TPSA) is 87.7 Å². The van der Waals surface area contributed by atoms with Gasteiger partial charge in [-0.15, -0.1) is 0 Å². The van der Waals surface area contributed by atoms with Crippen LogP contribution >= 0.6 is 0 Å². The normalized spacial score (nSPS) is 13.3. The second kappa shape index (κ2) is 7.75. The third kappa shape index (κ3) is 5.17. The van der Waals surface area contributed by atoms with Crippen molar-refractivity contribution in [1.29, 1.82) is 0 Å². The molecule has 0 fully saturated rings. The first-order valence-electron chi connectivity index (χ1n) is 6.68. The van der Waals surface area contributed by atoms with Gasteiger partial charge >= 0.3 is 5.97 Å². The quantitative estimate of drug-likeness (QED) is 0.622. The van der Waals surface area contributed by atoms with Gasteiger partial charge < -0.3 is 15.2 Å². The van der Waals surface area contributed by atoms with Crippen LogP contribution in [0.4, 0.5) is 0 Å². The number of aliphatic hydroxyl groups excluding tert-OH is 1. The highest BCUT2D eigenvalue weighted by atomic mass is 16.5. The van der Waals surface area contributed by atoms with Crippen LogP contribution in [0.2, 0.25) is 0 Å². The molecule has 116 valence electrons. The van der Waals surface area contributed by atoms with Gasteiger partial charge in [0.05, 0.1) is 20.3 Å². The van der Waals surface area contributed by atoms with Crippen LogP contribution in [-0.4, -0.2) is 42.8 Å². The van der Waals surface area contributed by atoms with E-state index in [2.05, 4.69) is 15.4 Å². The molecule has 0 aliphatic heterocycles. The molecule has 1 unspecified atom stereocenters. The molecule has 0 radical (unpaired) electrons. The summed E-state index contributed by atoms with van der Waals surface area (Å²) in [6.45, 7) is 3.33. The molecule has 1 amide bonds. The van der Waals surface area contributed by atoms with Gasteiger partial charge in [0.15, 0.2) is 0 Å². The van der Waals surface area contributed by atoms with Crippen molar-refractivity contribution in [2.24, 2.45) is 0 Å². The Bertz CT molecular complexity index is 504. The van der Waals surface area contributed by atoms with Crippen molar-refractivity contribution in [2.75, 3.05) is 20.3 Å². The number of hydrogen-bond donors (Lipinski definition) is 3. The second-order valence-corrected chi connectivity index (χ2v) is 5.10. The monoisotopic (exact) mass is 294 g/mol. The third-order valence-electron chi connectivity index (χ3n) is 3.16. The van der Waals surface area contributed by atoms with Crippen LogP contribution < -0.4 is 10.6 Å². The van der Waals surface area contributed by atoms with Crippen molar-refractivity contribution in [2.45, 2.75) is 25.9 Å². The first-order chi connectivity index (χ1) is 9.91. The summed E-state index contributed by atoms with van der Waals surface area (Å²) in [4.78, 5) is 23.3. The van der Waals surface area contributed by atoms with Crippen LogP contribution in [-0.2, 0) is 20.9 Å². The van der Waals surface area contributed by atoms with Gasteiger partial charge in [-0.05, 0) is 19.4 Å². The number of nitrogens with one attached hydrogen (secondary N) is 2. The highest BCUT2D eigenvalue weighted by Gasteiger charge is 2.33. The molecular formula is C15H22N2O4. The van der Waals surface area contributed by atoms with Crippen LogP contribution in [0.1, 0.15) is 18.1 Å². The molecule has 6 nitrogen and oxygen atoms in total. The van der Waals surface area contributed by atoms with Gasteiger partial charge in [0.25, 0.3) is 0 Å². The van der Waals surface area contributed by atoms with E-state index >= 15 is 0 Å². The number of aliphatic hydroxyl groups is 1. The average Bonchev–Trinajstić information content (AvgIpc) is 2.49. The summed E-state index contributed by atoms with van der Waals surface area (Å²) in [5.74, 6) is -0.878. The Balaban J connectivity index is 2.45. The number of rotatable bonds is 7. The minimum atomic E-state index is -1.28. The maximum absolute atomic E-state index is 11.8. The number of amides is 1. The summed E-state index contributed by atoms with van der Waals surface area (Å²) in [5.41, 5.74) is 0.842. The number of carbonyl (C=O) groups excluding carboxylic acids is 2. The molecule has 1 atom stereocenters. The zero-order valence-electron chi connectivity index (χ0n) is 12.6. The number of carbonyl (C=O) groups is 2. The first-order valence-corrected chi connectivity index (χ1v) is 6.68. The fourth-order valence-electron chi connectivity index (χ4n) is 1.78. The van der Waals surface area contributed by atoms with E-state index in [4.69, 9.17) is 0 Å². The van der Waals surface area contributed by atoms with E-state index in [0.717, 1.165) is 11.1 Å². The lowest BCUT2D eigenvalue weighted by atomic mass is 10.0. The van der Waals surface area contributed by atoms with Crippen LogP contribution in [0.3, 0.4) is 0 Å². The third-order valence-corrected chi connectivity index (χ3v) is 3.16. The van der Waals surface area contributed by atoms with Gasteiger partial charge in [-0.2, -0.15) is 0 Å². The zero-order chi connectivity index (χ0) is 15.9. The van der Waals surface area contributed by atoms with E-state index in [9.17, 15) is 14.7 Å². The molecule has 0 spiro atoms. The van der Waals surface area contributed by atoms with Gasteiger partial charge in [0, 0.05) is 6.54 Å². The van der Waals surface area contributed by atoms with Gasteiger partial charge in [0.1, 0.15) is 5.54 Å². The van der Waals surface area contributed by atoms with Crippen LogP contribution in [0.25, 0.3) is 0 Å². The summed E-state index contributed by atoms with van der Waals surface area (Å²) in [5, 5.41) is 14.7. The van der Waals surface area contributed by atoms with Crippen LogP contribution in [0, 0.1) is 6.92 Å². The number of methoxy groups -OCH3 is 1. The largest absolute Gasteiger partial charge is 0.468 e. The fraction of sp³-hybridized carbons (Fsp3) is 0.467. The molecule has 0 saturated carbocycles. The molecule has 0 aliphatic rings. The van der Waals surface area contributed by atoms with Crippen molar-refractivity contribution in [3.8, 4) is 0 Å². The lowest BCUT2D eigenvalue weighted by Crippen LogP contribution is -2.55. The van der Waals surface area contributed by atoms with Crippen molar-refractivity contribution in [3.05, 3.63) is 35.4 Å². The van der Waals surface area contributed by atoms with E-state index in [1.807, 2.05) is 31.2 Å². The Hall–Kier alpha value is -1.92. The number of hydrogen-bond acceptors (Lipinski definition) is 5. The lowest BCUT2D eigenvalue weighted by Gasteiger charge is -2.25. The minimum absolute atomic E-state index is 0.0853. The van der Waals surface area contributed by atoms with Gasteiger partial charge in [0.2, 0.25) is 5.91 Å². The maximum atomic E-state index is 11.8. The van der Waals surface area contributed by atoms with Crippen molar-refractivity contribution in [1.82, 2.24) is 10.6 Å². The predicted octanol–water partition coefficient (Wildman–Crippen LogP) is 0.125. The minimum Gasteiger partial charge on any atom is -0.468 e. The molecule has 0 aliphatic carbocycles. The van der Waals surface area contributed by atoms with Crippen molar-refractivity contribution < 1.29 is 19.4 Å². The predicted molar refractivity (Wildman–Crippen MR) is 78.5 cm³/mol. The number of benzene rings is 1. The van der Waals surface area contributed by atoms with Gasteiger partial charge in [-0.1, -0.05) is 29.8 Å². The standard InChI is InChI=1S/C15H22N2O4/c1-11-5-4-6-12(7-11)8-16-13(19)9-17-15(2,10-18)14(20)21-3/h4-7,17-18H,8-10H2,1-3H3,(H,16,19). The zero-order valence-corrected chi connectivity index (χ0v) is 12.6. The van der Waals surface area contributed by atoms with Gasteiger partial charge in [-0.3, -0.25) is 10.1 Å². The van der Waals surface area contributed by atoms with E-state index < -0.39 is 18.1 Å². The number of ether oxygens (including phenoxy) is 1. The van der Waals surface area contributed by atoms with E-state index in [1.54, 1.807) is 0 Å². The molecule has 1 rings (SSSR count). The Morgan fingerprint density at radius 1 is 1.38 bits per heavy atom. The second-order valence-electron chi connectivity index (χ2n) is 5.10. The van der Waals surface area contributed by atoms with E-state index in [0.29, 0.717) is 6.54 Å². The summed E-state index contributed by atoms with van der Waals surface area (Å²) < 4.78 is 4.59. The molecule has 3 N–H and O–H groups in total. The molecule has 1 aromatic rings. The lowest BCUT2D eigenvalue weighted by molar-refractivity contribution is -0.149. The first kappa shape index (κ1) is 17.1. The Morgan fingerprint density at radius 2 is 2.10 bits per heavy atom. The molecule has 0 aromatic heterocycles. The molecule has 0 bridgehead atoms. The molecular weight excluding hydrogens is 272 g/mol. The Kier molecular flexibility index (Phi) is 6.33. The summed E-state index contributed by atoms with van der Waals surface area (Å²) in [6, 6.07) is 7.82. The van der Waals surface area contributed by atoms with Crippen LogP contribution in [0.15, 0.2) is 24.3 Å². The van der Waals surface area contributed by atoms with E-state index in [-0.39, 0.29) is 12.5 Å². The van der Waals surface area contributed by atoms with Crippen molar-refractivity contribution >= 4 is 11.9 Å². The Labute approximate surface area is 124 Å². The summed E-state index contributed by atoms with van der Waals surface area (Å²) >= 11 is 0. The SMILES string of the molecule is COC(=O)C(C)(CO)NCC(=O)NCc1cccc(C)c1. The summed E-state index contributed by atoms with van der Waals surface area (Å²) in [6.07, 6.45) is 0. The molecule has 0 heterocycles. The highest BCUT2D eigenvalue weighted by Crippen LogP contribution is 2.05. The number of esters is 1. The number of aryl methyl sites for hydroxylation is 1. The molecule has 0 saturated heterocycles. The van der Waals surface area contributed by atoms with Crippen molar-refractivity contribution in [3.63, 3.8) is 0 Å². The van der Waals surface area contributed by atoms with E-state index in [1.165, 1.54) is 14.0 Å².